The Morgan fingerprint density at radius 3 is 2.84 bits per heavy atom. The molecule has 1 fully saturated rings. The van der Waals surface area contributed by atoms with Gasteiger partial charge in [-0.2, -0.15) is 0 Å². The minimum atomic E-state index is -0.810. The molecule has 2 N–H and O–H groups in total. The van der Waals surface area contributed by atoms with E-state index in [0.29, 0.717) is 5.92 Å². The Balaban J connectivity index is 1.93. The van der Waals surface area contributed by atoms with Gasteiger partial charge in [-0.15, -0.1) is 0 Å². The van der Waals surface area contributed by atoms with Crippen molar-refractivity contribution in [2.45, 2.75) is 18.9 Å². The lowest BCUT2D eigenvalue weighted by molar-refractivity contribution is -0.139. The fraction of sp³-hybridized carbons (Fsp3) is 0.533. The molecule has 1 saturated heterocycles. The molecule has 0 spiro atoms. The van der Waals surface area contributed by atoms with Crippen LogP contribution in [-0.4, -0.2) is 42.7 Å². The lowest BCUT2D eigenvalue weighted by atomic mass is 9.97. The Morgan fingerprint density at radius 2 is 2.21 bits per heavy atom. The monoisotopic (exact) mass is 262 g/mol. The highest BCUT2D eigenvalue weighted by Crippen LogP contribution is 2.17. The first-order chi connectivity index (χ1) is 9.16. The number of carbonyl (C=O) groups is 1. The Labute approximate surface area is 114 Å². The maximum absolute atomic E-state index is 11.4. The van der Waals surface area contributed by atoms with Crippen molar-refractivity contribution in [2.24, 2.45) is 5.92 Å². The molecule has 104 valence electrons. The zero-order chi connectivity index (χ0) is 13.7. The summed E-state index contributed by atoms with van der Waals surface area (Å²) in [5, 5.41) is 12.5. The number of rotatable bonds is 5. The van der Waals surface area contributed by atoms with Crippen molar-refractivity contribution < 1.29 is 9.90 Å². The van der Waals surface area contributed by atoms with E-state index in [9.17, 15) is 9.90 Å². The summed E-state index contributed by atoms with van der Waals surface area (Å²) in [6.45, 7) is 2.96. The number of hydrogen-bond donors (Lipinski definition) is 2. The van der Waals surface area contributed by atoms with Crippen LogP contribution in [0.3, 0.4) is 0 Å². The number of nitrogens with zero attached hydrogens (tertiary/aromatic N) is 1. The fourth-order valence-corrected chi connectivity index (χ4v) is 2.72. The predicted octanol–water partition coefficient (Wildman–Crippen LogP) is 1.74. The molecule has 4 nitrogen and oxygen atoms in total. The number of hydrogen-bond acceptors (Lipinski definition) is 3. The van der Waals surface area contributed by atoms with Gasteiger partial charge < -0.3 is 15.3 Å². The summed E-state index contributed by atoms with van der Waals surface area (Å²) in [6, 6.07) is 8.77. The molecule has 1 aliphatic rings. The van der Waals surface area contributed by atoms with E-state index < -0.39 is 12.0 Å². The number of carboxylic acids is 1. The van der Waals surface area contributed by atoms with Gasteiger partial charge in [0.15, 0.2) is 0 Å². The van der Waals surface area contributed by atoms with Gasteiger partial charge in [-0.3, -0.25) is 4.79 Å². The van der Waals surface area contributed by atoms with Gasteiger partial charge in [0.05, 0.1) is 0 Å². The van der Waals surface area contributed by atoms with Gasteiger partial charge in [0, 0.05) is 13.1 Å². The van der Waals surface area contributed by atoms with Crippen molar-refractivity contribution in [2.75, 3.05) is 26.7 Å². The predicted molar refractivity (Wildman–Crippen MR) is 75.0 cm³/mol. The first-order valence-corrected chi connectivity index (χ1v) is 6.86. The Morgan fingerprint density at radius 1 is 1.47 bits per heavy atom. The topological polar surface area (TPSA) is 52.6 Å². The van der Waals surface area contributed by atoms with E-state index in [1.54, 1.807) is 0 Å². The largest absolute Gasteiger partial charge is 0.480 e. The number of likely N-dealkylation sites (tertiary alicyclic amines) is 1. The van der Waals surface area contributed by atoms with Gasteiger partial charge in [-0.1, -0.05) is 30.3 Å². The van der Waals surface area contributed by atoms with Gasteiger partial charge in [0.1, 0.15) is 6.04 Å². The van der Waals surface area contributed by atoms with E-state index in [4.69, 9.17) is 0 Å². The van der Waals surface area contributed by atoms with E-state index in [-0.39, 0.29) is 0 Å². The van der Waals surface area contributed by atoms with Gasteiger partial charge in [-0.25, -0.2) is 0 Å². The lowest BCUT2D eigenvalue weighted by Crippen LogP contribution is -2.39. The van der Waals surface area contributed by atoms with Crippen LogP contribution >= 0.6 is 0 Å². The molecule has 1 heterocycles. The first-order valence-electron chi connectivity index (χ1n) is 6.86. The summed E-state index contributed by atoms with van der Waals surface area (Å²) in [5.41, 5.74) is 0.819. The van der Waals surface area contributed by atoms with Crippen LogP contribution in [0.2, 0.25) is 0 Å². The zero-order valence-corrected chi connectivity index (χ0v) is 11.4. The second-order valence-electron chi connectivity index (χ2n) is 5.36. The minimum Gasteiger partial charge on any atom is -0.480 e. The quantitative estimate of drug-likeness (QED) is 0.849. The Kier molecular flexibility index (Phi) is 4.93. The number of carboxylic acid groups (broad SMARTS) is 1. The zero-order valence-electron chi connectivity index (χ0n) is 11.4. The fourth-order valence-electron chi connectivity index (χ4n) is 2.72. The second kappa shape index (κ2) is 6.68. The van der Waals surface area contributed by atoms with Crippen LogP contribution in [-0.2, 0) is 4.79 Å². The summed E-state index contributed by atoms with van der Waals surface area (Å²) in [6.07, 6.45) is 2.38. The SMILES string of the molecule is CN1CCCC(CNC(C(=O)O)c2ccccc2)C1. The van der Waals surface area contributed by atoms with Gasteiger partial charge in [-0.05, 0) is 37.9 Å². The normalized spacial score (nSPS) is 22.1. The van der Waals surface area contributed by atoms with Crippen LogP contribution in [0.1, 0.15) is 24.4 Å². The van der Waals surface area contributed by atoms with E-state index in [2.05, 4.69) is 17.3 Å². The second-order valence-corrected chi connectivity index (χ2v) is 5.36. The first kappa shape index (κ1) is 14.0. The number of benzene rings is 1. The van der Waals surface area contributed by atoms with E-state index in [0.717, 1.165) is 25.2 Å². The summed E-state index contributed by atoms with van der Waals surface area (Å²) < 4.78 is 0. The van der Waals surface area contributed by atoms with E-state index >= 15 is 0 Å². The summed E-state index contributed by atoms with van der Waals surface area (Å²) in [5.74, 6) is -0.264. The molecule has 1 aliphatic heterocycles. The minimum absolute atomic E-state index is 0.546. The summed E-state index contributed by atoms with van der Waals surface area (Å²) in [4.78, 5) is 13.7. The molecule has 0 bridgehead atoms. The molecule has 19 heavy (non-hydrogen) atoms. The third-order valence-electron chi connectivity index (χ3n) is 3.71. The highest BCUT2D eigenvalue weighted by Gasteiger charge is 2.22. The van der Waals surface area contributed by atoms with Crippen LogP contribution < -0.4 is 5.32 Å². The molecular formula is C15H22N2O2. The van der Waals surface area contributed by atoms with Gasteiger partial charge >= 0.3 is 5.97 Å². The van der Waals surface area contributed by atoms with Crippen molar-refractivity contribution in [1.82, 2.24) is 10.2 Å². The Hall–Kier alpha value is -1.39. The maximum atomic E-state index is 11.4. The van der Waals surface area contributed by atoms with Crippen LogP contribution in [0.5, 0.6) is 0 Å². The molecule has 2 unspecified atom stereocenters. The van der Waals surface area contributed by atoms with Crippen molar-refractivity contribution in [3.05, 3.63) is 35.9 Å². The molecule has 2 atom stereocenters. The molecule has 0 aromatic heterocycles. The van der Waals surface area contributed by atoms with Crippen LogP contribution in [0.25, 0.3) is 0 Å². The summed E-state index contributed by atoms with van der Waals surface area (Å²) in [7, 11) is 2.12. The van der Waals surface area contributed by atoms with Gasteiger partial charge in [0.2, 0.25) is 0 Å². The average Bonchev–Trinajstić information content (AvgIpc) is 2.40. The molecule has 0 amide bonds. The third kappa shape index (κ3) is 4.04. The number of aliphatic carboxylic acids is 1. The average molecular weight is 262 g/mol. The molecule has 0 radical (unpaired) electrons. The molecular weight excluding hydrogens is 240 g/mol. The maximum Gasteiger partial charge on any atom is 0.325 e. The van der Waals surface area contributed by atoms with Gasteiger partial charge in [0.25, 0.3) is 0 Å². The summed E-state index contributed by atoms with van der Waals surface area (Å²) >= 11 is 0. The molecule has 0 saturated carbocycles. The van der Waals surface area contributed by atoms with Crippen LogP contribution in [0.4, 0.5) is 0 Å². The molecule has 4 heteroatoms. The lowest BCUT2D eigenvalue weighted by Gasteiger charge is -2.30. The molecule has 0 aliphatic carbocycles. The molecule has 1 aromatic rings. The Bertz CT molecular complexity index is 408. The van der Waals surface area contributed by atoms with Crippen molar-refractivity contribution in [1.29, 1.82) is 0 Å². The standard InChI is InChI=1S/C15H22N2O2/c1-17-9-5-6-12(11-17)10-16-14(15(18)19)13-7-3-2-4-8-13/h2-4,7-8,12,14,16H,5-6,9-11H2,1H3,(H,18,19). The van der Waals surface area contributed by atoms with E-state index in [1.165, 1.54) is 12.8 Å². The molecule has 1 aromatic carbocycles. The third-order valence-corrected chi connectivity index (χ3v) is 3.71. The van der Waals surface area contributed by atoms with Crippen LogP contribution in [0.15, 0.2) is 30.3 Å². The number of piperidine rings is 1. The van der Waals surface area contributed by atoms with E-state index in [1.807, 2.05) is 30.3 Å². The molecule has 2 rings (SSSR count). The van der Waals surface area contributed by atoms with Crippen LogP contribution in [0, 0.1) is 5.92 Å². The van der Waals surface area contributed by atoms with Crippen molar-refractivity contribution >= 4 is 5.97 Å². The van der Waals surface area contributed by atoms with Crippen molar-refractivity contribution in [3.8, 4) is 0 Å². The highest BCUT2D eigenvalue weighted by molar-refractivity contribution is 5.75. The smallest absolute Gasteiger partial charge is 0.325 e. The highest BCUT2D eigenvalue weighted by atomic mass is 16.4. The number of nitrogens with one attached hydrogen (secondary N) is 1. The van der Waals surface area contributed by atoms with Crippen molar-refractivity contribution in [3.63, 3.8) is 0 Å².